The number of benzene rings is 1. The van der Waals surface area contributed by atoms with E-state index in [0.29, 0.717) is 5.92 Å². The van der Waals surface area contributed by atoms with Crippen LogP contribution < -0.4 is 0 Å². The summed E-state index contributed by atoms with van der Waals surface area (Å²) < 4.78 is 0. The molecule has 0 unspecified atom stereocenters. The molecule has 1 aromatic rings. The first-order chi connectivity index (χ1) is 7.27. The van der Waals surface area contributed by atoms with Gasteiger partial charge in [0, 0.05) is 5.92 Å². The van der Waals surface area contributed by atoms with Crippen molar-refractivity contribution in [1.82, 2.24) is 0 Å². The molecular weight excluding hydrogens is 204 g/mol. The Bertz CT molecular complexity index is 326. The van der Waals surface area contributed by atoms with Crippen molar-refractivity contribution in [1.29, 1.82) is 0 Å². The van der Waals surface area contributed by atoms with E-state index in [9.17, 15) is 4.79 Å². The molecular formula is C13H16OS. The van der Waals surface area contributed by atoms with Crippen molar-refractivity contribution in [3.63, 3.8) is 0 Å². The molecule has 1 aromatic carbocycles. The van der Waals surface area contributed by atoms with E-state index < -0.39 is 0 Å². The fourth-order valence-corrected chi connectivity index (χ4v) is 2.66. The Morgan fingerprint density at radius 1 is 1.07 bits per heavy atom. The van der Waals surface area contributed by atoms with Crippen LogP contribution in [0.15, 0.2) is 30.3 Å². The number of hydrogen-bond donors (Lipinski definition) is 1. The van der Waals surface area contributed by atoms with Crippen LogP contribution in [-0.2, 0) is 4.79 Å². The Morgan fingerprint density at radius 2 is 1.67 bits per heavy atom. The van der Waals surface area contributed by atoms with E-state index in [-0.39, 0.29) is 11.0 Å². The van der Waals surface area contributed by atoms with Crippen molar-refractivity contribution in [2.45, 2.75) is 31.6 Å². The van der Waals surface area contributed by atoms with E-state index in [1.165, 1.54) is 5.56 Å². The highest BCUT2D eigenvalue weighted by Crippen LogP contribution is 2.36. The quantitative estimate of drug-likeness (QED) is 0.756. The highest BCUT2D eigenvalue weighted by Gasteiger charge is 2.24. The van der Waals surface area contributed by atoms with Gasteiger partial charge in [0.15, 0.2) is 5.12 Å². The standard InChI is InChI=1S/C13H16OS/c14-13(15)12-8-6-11(7-9-12)10-4-2-1-3-5-10/h1-5,11-12H,6-9H2,(H,14,15). The number of hydrogen-bond acceptors (Lipinski definition) is 1. The third-order valence-electron chi connectivity index (χ3n) is 3.35. The van der Waals surface area contributed by atoms with Crippen molar-refractivity contribution >= 4 is 17.7 Å². The molecule has 0 aromatic heterocycles. The predicted octanol–water partition coefficient (Wildman–Crippen LogP) is 3.42. The van der Waals surface area contributed by atoms with E-state index in [0.717, 1.165) is 25.7 Å². The highest BCUT2D eigenvalue weighted by atomic mass is 32.1. The van der Waals surface area contributed by atoms with Gasteiger partial charge in [-0.1, -0.05) is 30.3 Å². The van der Waals surface area contributed by atoms with E-state index in [1.807, 2.05) is 6.07 Å². The van der Waals surface area contributed by atoms with Crippen LogP contribution in [0.1, 0.15) is 37.2 Å². The van der Waals surface area contributed by atoms with Gasteiger partial charge in [-0.05, 0) is 37.2 Å². The second kappa shape index (κ2) is 4.84. The summed E-state index contributed by atoms with van der Waals surface area (Å²) in [6.07, 6.45) is 4.26. The normalized spacial score (nSPS) is 26.2. The Balaban J connectivity index is 1.97. The van der Waals surface area contributed by atoms with Gasteiger partial charge in [0.1, 0.15) is 0 Å². The van der Waals surface area contributed by atoms with Crippen LogP contribution >= 0.6 is 12.6 Å². The molecule has 1 aliphatic rings. The first-order valence-corrected chi connectivity index (χ1v) is 6.00. The molecule has 0 atom stereocenters. The van der Waals surface area contributed by atoms with Crippen LogP contribution in [0, 0.1) is 5.92 Å². The molecule has 0 spiro atoms. The average Bonchev–Trinajstić information content (AvgIpc) is 2.30. The van der Waals surface area contributed by atoms with Crippen LogP contribution in [0.4, 0.5) is 0 Å². The van der Waals surface area contributed by atoms with E-state index >= 15 is 0 Å². The zero-order valence-corrected chi connectivity index (χ0v) is 9.62. The largest absolute Gasteiger partial charge is 0.287 e. The lowest BCUT2D eigenvalue weighted by molar-refractivity contribution is -0.115. The summed E-state index contributed by atoms with van der Waals surface area (Å²) in [5.74, 6) is 0.850. The predicted molar refractivity (Wildman–Crippen MR) is 65.1 cm³/mol. The summed E-state index contributed by atoms with van der Waals surface area (Å²) in [6, 6.07) is 10.6. The number of thiol groups is 1. The molecule has 80 valence electrons. The maximum Gasteiger partial charge on any atom is 0.188 e. The van der Waals surface area contributed by atoms with Crippen molar-refractivity contribution in [2.75, 3.05) is 0 Å². The fraction of sp³-hybridized carbons (Fsp3) is 0.462. The van der Waals surface area contributed by atoms with Gasteiger partial charge in [-0.2, -0.15) is 0 Å². The van der Waals surface area contributed by atoms with Crippen LogP contribution in [0.2, 0.25) is 0 Å². The minimum Gasteiger partial charge on any atom is -0.287 e. The lowest BCUT2D eigenvalue weighted by atomic mass is 9.79. The highest BCUT2D eigenvalue weighted by molar-refractivity contribution is 7.96. The fourth-order valence-electron chi connectivity index (χ4n) is 2.40. The van der Waals surface area contributed by atoms with Gasteiger partial charge in [0.2, 0.25) is 0 Å². The lowest BCUT2D eigenvalue weighted by Gasteiger charge is -2.26. The SMILES string of the molecule is O=C(S)C1CCC(c2ccccc2)CC1. The number of carbonyl (C=O) groups excluding carboxylic acids is 1. The van der Waals surface area contributed by atoms with Gasteiger partial charge in [-0.3, -0.25) is 4.79 Å². The molecule has 2 rings (SSSR count). The third-order valence-corrected chi connectivity index (χ3v) is 3.71. The van der Waals surface area contributed by atoms with Gasteiger partial charge in [-0.25, -0.2) is 0 Å². The Hall–Kier alpha value is -0.760. The molecule has 0 radical (unpaired) electrons. The molecule has 2 heteroatoms. The topological polar surface area (TPSA) is 17.1 Å². The summed E-state index contributed by atoms with van der Waals surface area (Å²) in [7, 11) is 0. The van der Waals surface area contributed by atoms with E-state index in [2.05, 4.69) is 36.9 Å². The Kier molecular flexibility index (Phi) is 3.47. The second-order valence-electron chi connectivity index (χ2n) is 4.30. The summed E-state index contributed by atoms with van der Waals surface area (Å²) in [5.41, 5.74) is 1.42. The molecule has 0 amide bonds. The zero-order valence-electron chi connectivity index (χ0n) is 8.73. The van der Waals surface area contributed by atoms with Gasteiger partial charge in [-0.15, -0.1) is 12.6 Å². The molecule has 1 nitrogen and oxygen atoms in total. The minimum absolute atomic E-state index is 0.0708. The van der Waals surface area contributed by atoms with Crippen LogP contribution in [0.25, 0.3) is 0 Å². The van der Waals surface area contributed by atoms with E-state index in [4.69, 9.17) is 0 Å². The van der Waals surface area contributed by atoms with Crippen molar-refractivity contribution in [3.8, 4) is 0 Å². The molecule has 0 aliphatic heterocycles. The maximum atomic E-state index is 11.1. The van der Waals surface area contributed by atoms with Crippen molar-refractivity contribution in [2.24, 2.45) is 5.92 Å². The molecule has 0 heterocycles. The third kappa shape index (κ3) is 2.63. The van der Waals surface area contributed by atoms with Crippen LogP contribution in [0.5, 0.6) is 0 Å². The Labute approximate surface area is 96.3 Å². The Morgan fingerprint density at radius 3 is 2.20 bits per heavy atom. The van der Waals surface area contributed by atoms with Gasteiger partial charge < -0.3 is 0 Å². The maximum absolute atomic E-state index is 11.1. The summed E-state index contributed by atoms with van der Waals surface area (Å²) in [4.78, 5) is 11.1. The van der Waals surface area contributed by atoms with Crippen LogP contribution in [-0.4, -0.2) is 5.12 Å². The lowest BCUT2D eigenvalue weighted by Crippen LogP contribution is -2.17. The van der Waals surface area contributed by atoms with E-state index in [1.54, 1.807) is 0 Å². The summed E-state index contributed by atoms with van der Waals surface area (Å²) in [5, 5.41) is 0.0708. The van der Waals surface area contributed by atoms with Gasteiger partial charge in [0.25, 0.3) is 0 Å². The zero-order chi connectivity index (χ0) is 10.7. The first kappa shape index (κ1) is 10.7. The number of carbonyl (C=O) groups is 1. The summed E-state index contributed by atoms with van der Waals surface area (Å²) >= 11 is 3.92. The smallest absolute Gasteiger partial charge is 0.188 e. The van der Waals surface area contributed by atoms with Crippen molar-refractivity contribution < 1.29 is 4.79 Å². The average molecular weight is 220 g/mol. The first-order valence-electron chi connectivity index (χ1n) is 5.55. The van der Waals surface area contributed by atoms with Crippen LogP contribution in [0.3, 0.4) is 0 Å². The molecule has 15 heavy (non-hydrogen) atoms. The number of rotatable bonds is 2. The van der Waals surface area contributed by atoms with Gasteiger partial charge in [0.05, 0.1) is 0 Å². The second-order valence-corrected chi connectivity index (χ2v) is 4.74. The molecule has 0 saturated heterocycles. The van der Waals surface area contributed by atoms with Crippen molar-refractivity contribution in [3.05, 3.63) is 35.9 Å². The molecule has 0 N–H and O–H groups in total. The summed E-state index contributed by atoms with van der Waals surface area (Å²) in [6.45, 7) is 0. The molecule has 1 fully saturated rings. The molecule has 0 bridgehead atoms. The minimum atomic E-state index is 0.0708. The molecule has 1 saturated carbocycles. The molecule has 1 aliphatic carbocycles. The van der Waals surface area contributed by atoms with Gasteiger partial charge >= 0.3 is 0 Å². The monoisotopic (exact) mass is 220 g/mol.